The van der Waals surface area contributed by atoms with Crippen LogP contribution in [-0.4, -0.2) is 64.4 Å². The van der Waals surface area contributed by atoms with E-state index < -0.39 is 18.4 Å². The highest BCUT2D eigenvalue weighted by atomic mass is 19.4. The Kier molecular flexibility index (Phi) is 6.74. The van der Waals surface area contributed by atoms with Gasteiger partial charge in [0.1, 0.15) is 12.7 Å². The normalized spacial score (nSPS) is 15.2. The predicted molar refractivity (Wildman–Crippen MR) is 101 cm³/mol. The molecule has 0 N–H and O–H groups in total. The number of ether oxygens (including phenoxy) is 2. The monoisotopic (exact) mass is 436 g/mol. The second-order valence-corrected chi connectivity index (χ2v) is 6.69. The number of hydrogen-bond donors (Lipinski definition) is 0. The highest BCUT2D eigenvalue weighted by molar-refractivity contribution is 5.68. The summed E-state index contributed by atoms with van der Waals surface area (Å²) in [4.78, 5) is 27.3. The Morgan fingerprint density at radius 3 is 2.52 bits per heavy atom. The molecule has 3 heterocycles. The standard InChI is InChI=1S/C19H19F3N6O3/c1-13(19(20,21)22)31-18(29)28-6-4-27(5-7-28)17-25-10-16(11-26-17)30-12-14-2-3-24-9-15(14)8-23/h2-3,9-11,13H,4-7,12H2,1H3. The summed E-state index contributed by atoms with van der Waals surface area (Å²) in [6.45, 7) is 2.01. The number of halogens is 3. The number of nitrogens with zero attached hydrogens (tertiary/aromatic N) is 6. The van der Waals surface area contributed by atoms with E-state index in [-0.39, 0.29) is 19.7 Å². The van der Waals surface area contributed by atoms with Crippen LogP contribution in [-0.2, 0) is 11.3 Å². The Morgan fingerprint density at radius 2 is 1.90 bits per heavy atom. The molecule has 2 aromatic rings. The van der Waals surface area contributed by atoms with Gasteiger partial charge in [-0.2, -0.15) is 18.4 Å². The fourth-order valence-electron chi connectivity index (χ4n) is 2.74. The number of rotatable bonds is 5. The van der Waals surface area contributed by atoms with Crippen molar-refractivity contribution in [3.05, 3.63) is 42.0 Å². The van der Waals surface area contributed by atoms with Gasteiger partial charge in [-0.1, -0.05) is 0 Å². The van der Waals surface area contributed by atoms with Crippen LogP contribution in [0.1, 0.15) is 18.1 Å². The van der Waals surface area contributed by atoms with Crippen molar-refractivity contribution < 1.29 is 27.4 Å². The smallest absolute Gasteiger partial charge is 0.425 e. The quantitative estimate of drug-likeness (QED) is 0.704. The largest absolute Gasteiger partial charge is 0.486 e. The van der Waals surface area contributed by atoms with Crippen LogP contribution in [0.15, 0.2) is 30.9 Å². The van der Waals surface area contributed by atoms with Gasteiger partial charge in [0.2, 0.25) is 5.95 Å². The molecule has 1 aliphatic rings. The van der Waals surface area contributed by atoms with E-state index in [4.69, 9.17) is 10.00 Å². The number of carbonyl (C=O) groups is 1. The minimum absolute atomic E-state index is 0.158. The third-order valence-electron chi connectivity index (χ3n) is 4.60. The van der Waals surface area contributed by atoms with Gasteiger partial charge in [0.25, 0.3) is 0 Å². The molecular weight excluding hydrogens is 417 g/mol. The zero-order valence-corrected chi connectivity index (χ0v) is 16.5. The SMILES string of the molecule is CC(OC(=O)N1CCN(c2ncc(OCc3ccncc3C#N)cn2)CC1)C(F)(F)F. The average Bonchev–Trinajstić information content (AvgIpc) is 2.77. The van der Waals surface area contributed by atoms with Gasteiger partial charge < -0.3 is 19.3 Å². The predicted octanol–water partition coefficient (Wildman–Crippen LogP) is 2.53. The maximum atomic E-state index is 12.5. The molecule has 0 spiro atoms. The van der Waals surface area contributed by atoms with Crippen LogP contribution in [0.25, 0.3) is 0 Å². The molecule has 164 valence electrons. The first kappa shape index (κ1) is 22.1. The van der Waals surface area contributed by atoms with Crippen LogP contribution in [0, 0.1) is 11.3 Å². The first-order chi connectivity index (χ1) is 14.8. The van der Waals surface area contributed by atoms with Crippen LogP contribution in [0.5, 0.6) is 5.75 Å². The number of alkyl halides is 3. The molecule has 9 nitrogen and oxygen atoms in total. The molecule has 1 fully saturated rings. The molecule has 3 rings (SSSR count). The number of pyridine rings is 1. The number of amides is 1. The van der Waals surface area contributed by atoms with Crippen molar-refractivity contribution in [1.82, 2.24) is 19.9 Å². The van der Waals surface area contributed by atoms with Crippen molar-refractivity contribution >= 4 is 12.0 Å². The van der Waals surface area contributed by atoms with Crippen LogP contribution in [0.2, 0.25) is 0 Å². The van der Waals surface area contributed by atoms with E-state index in [1.165, 1.54) is 23.5 Å². The number of nitriles is 1. The summed E-state index contributed by atoms with van der Waals surface area (Å²) in [7, 11) is 0. The lowest BCUT2D eigenvalue weighted by atomic mass is 10.2. The maximum Gasteiger partial charge on any atom is 0.425 e. The van der Waals surface area contributed by atoms with Gasteiger partial charge in [-0.3, -0.25) is 4.98 Å². The Labute approximate surface area is 176 Å². The molecule has 1 aliphatic heterocycles. The number of carbonyl (C=O) groups excluding carboxylic acids is 1. The Hall–Kier alpha value is -3.62. The number of anilines is 1. The first-order valence-corrected chi connectivity index (χ1v) is 9.33. The van der Waals surface area contributed by atoms with E-state index in [2.05, 4.69) is 19.7 Å². The molecule has 31 heavy (non-hydrogen) atoms. The molecule has 2 aromatic heterocycles. The summed E-state index contributed by atoms with van der Waals surface area (Å²) in [6, 6.07) is 3.73. The number of aromatic nitrogens is 3. The molecule has 0 aromatic carbocycles. The van der Waals surface area contributed by atoms with Crippen molar-refractivity contribution in [1.29, 1.82) is 5.26 Å². The highest BCUT2D eigenvalue weighted by Gasteiger charge is 2.40. The van der Waals surface area contributed by atoms with Crippen molar-refractivity contribution in [2.45, 2.75) is 25.8 Å². The molecule has 1 amide bonds. The van der Waals surface area contributed by atoms with Gasteiger partial charge >= 0.3 is 12.3 Å². The summed E-state index contributed by atoms with van der Waals surface area (Å²) >= 11 is 0. The second-order valence-electron chi connectivity index (χ2n) is 6.69. The van der Waals surface area contributed by atoms with Gasteiger partial charge in [0.15, 0.2) is 11.9 Å². The maximum absolute atomic E-state index is 12.5. The van der Waals surface area contributed by atoms with E-state index in [0.717, 1.165) is 6.92 Å². The third-order valence-corrected chi connectivity index (χ3v) is 4.60. The molecule has 0 aliphatic carbocycles. The van der Waals surface area contributed by atoms with Gasteiger partial charge in [-0.15, -0.1) is 0 Å². The lowest BCUT2D eigenvalue weighted by Gasteiger charge is -2.34. The summed E-state index contributed by atoms with van der Waals surface area (Å²) in [5.74, 6) is 0.818. The number of piperazine rings is 1. The molecular formula is C19H19F3N6O3. The van der Waals surface area contributed by atoms with Gasteiger partial charge in [0, 0.05) is 44.1 Å². The molecule has 1 atom stereocenters. The van der Waals surface area contributed by atoms with Crippen molar-refractivity contribution in [2.24, 2.45) is 0 Å². The van der Waals surface area contributed by atoms with E-state index in [1.807, 2.05) is 6.07 Å². The van der Waals surface area contributed by atoms with E-state index in [9.17, 15) is 18.0 Å². The first-order valence-electron chi connectivity index (χ1n) is 9.33. The molecule has 0 bridgehead atoms. The Morgan fingerprint density at radius 1 is 1.23 bits per heavy atom. The van der Waals surface area contributed by atoms with Crippen molar-refractivity contribution in [3.63, 3.8) is 0 Å². The molecule has 1 saturated heterocycles. The third kappa shape index (κ3) is 5.71. The second kappa shape index (κ2) is 9.46. The molecule has 12 heteroatoms. The number of hydrogen-bond acceptors (Lipinski definition) is 8. The fourth-order valence-corrected chi connectivity index (χ4v) is 2.74. The van der Waals surface area contributed by atoms with Gasteiger partial charge in [-0.05, 0) is 13.0 Å². The lowest BCUT2D eigenvalue weighted by molar-refractivity contribution is -0.199. The minimum Gasteiger partial charge on any atom is -0.486 e. The van der Waals surface area contributed by atoms with Gasteiger partial charge in [0.05, 0.1) is 18.0 Å². The fraction of sp³-hybridized carbons (Fsp3) is 0.421. The summed E-state index contributed by atoms with van der Waals surface area (Å²) in [6.07, 6.45) is -1.76. The van der Waals surface area contributed by atoms with Gasteiger partial charge in [-0.25, -0.2) is 14.8 Å². The lowest BCUT2D eigenvalue weighted by Crippen LogP contribution is -2.50. The van der Waals surface area contributed by atoms with Crippen LogP contribution >= 0.6 is 0 Å². The Bertz CT molecular complexity index is 940. The average molecular weight is 436 g/mol. The molecule has 1 unspecified atom stereocenters. The van der Waals surface area contributed by atoms with E-state index in [1.54, 1.807) is 17.2 Å². The summed E-state index contributed by atoms with van der Waals surface area (Å²) in [5.41, 5.74) is 1.10. The minimum atomic E-state index is -4.59. The molecule has 0 saturated carbocycles. The van der Waals surface area contributed by atoms with E-state index >= 15 is 0 Å². The van der Waals surface area contributed by atoms with Crippen LogP contribution < -0.4 is 9.64 Å². The molecule has 0 radical (unpaired) electrons. The van der Waals surface area contributed by atoms with Crippen molar-refractivity contribution in [3.8, 4) is 11.8 Å². The summed E-state index contributed by atoms with van der Waals surface area (Å²) < 4.78 is 47.7. The Balaban J connectivity index is 1.50. The van der Waals surface area contributed by atoms with Crippen molar-refractivity contribution in [2.75, 3.05) is 31.1 Å². The topological polar surface area (TPSA) is 104 Å². The van der Waals surface area contributed by atoms with Crippen LogP contribution in [0.4, 0.5) is 23.9 Å². The highest BCUT2D eigenvalue weighted by Crippen LogP contribution is 2.23. The van der Waals surface area contributed by atoms with Crippen LogP contribution in [0.3, 0.4) is 0 Å². The van der Waals surface area contributed by atoms with E-state index in [0.29, 0.717) is 35.9 Å². The zero-order chi connectivity index (χ0) is 22.4. The summed E-state index contributed by atoms with van der Waals surface area (Å²) in [5, 5.41) is 9.07. The zero-order valence-electron chi connectivity index (χ0n) is 16.5.